The first-order chi connectivity index (χ1) is 13.1. The molecule has 5 nitrogen and oxygen atoms in total. The molecule has 1 aliphatic rings. The summed E-state index contributed by atoms with van der Waals surface area (Å²) in [4.78, 5) is 4.50. The Labute approximate surface area is 159 Å². The lowest BCUT2D eigenvalue weighted by Crippen LogP contribution is -2.52. The van der Waals surface area contributed by atoms with Gasteiger partial charge in [-0.25, -0.2) is 4.39 Å². The van der Waals surface area contributed by atoms with E-state index in [0.717, 1.165) is 25.2 Å². The molecule has 6 heteroatoms. The van der Waals surface area contributed by atoms with E-state index in [1.54, 1.807) is 18.2 Å². The largest absolute Gasteiger partial charge is 0.508 e. The molecule has 27 heavy (non-hydrogen) atoms. The van der Waals surface area contributed by atoms with Crippen LogP contribution >= 0.6 is 0 Å². The molecule has 3 rings (SSSR count). The van der Waals surface area contributed by atoms with Crippen LogP contribution in [0.3, 0.4) is 0 Å². The van der Waals surface area contributed by atoms with Crippen LogP contribution in [0, 0.1) is 5.82 Å². The van der Waals surface area contributed by atoms with Gasteiger partial charge in [-0.15, -0.1) is 0 Å². The highest BCUT2D eigenvalue weighted by Gasteiger charge is 2.27. The molecule has 1 heterocycles. The lowest BCUT2D eigenvalue weighted by atomic mass is 10.1. The topological polar surface area (TPSA) is 56.2 Å². The normalized spacial score (nSPS) is 18.6. The average molecular weight is 374 g/mol. The number of aromatic hydroxyl groups is 1. The zero-order chi connectivity index (χ0) is 19.2. The first-order valence-corrected chi connectivity index (χ1v) is 9.27. The number of ether oxygens (including phenoxy) is 1. The smallest absolute Gasteiger partial charge is 0.131 e. The Bertz CT molecular complexity index is 756. The van der Waals surface area contributed by atoms with E-state index >= 15 is 0 Å². The van der Waals surface area contributed by atoms with Gasteiger partial charge in [0.25, 0.3) is 0 Å². The molecule has 1 aliphatic heterocycles. The minimum Gasteiger partial charge on any atom is -0.508 e. The van der Waals surface area contributed by atoms with E-state index in [1.807, 2.05) is 18.2 Å². The number of phenols is 1. The van der Waals surface area contributed by atoms with Gasteiger partial charge in [-0.1, -0.05) is 24.3 Å². The third kappa shape index (κ3) is 4.97. The molecule has 1 fully saturated rings. The van der Waals surface area contributed by atoms with Crippen LogP contribution in [0.25, 0.3) is 0 Å². The number of nitrogens with zero attached hydrogens (tertiary/aromatic N) is 2. The van der Waals surface area contributed by atoms with E-state index in [9.17, 15) is 14.6 Å². The number of hydrogen-bond acceptors (Lipinski definition) is 5. The molecule has 0 bridgehead atoms. The van der Waals surface area contributed by atoms with Gasteiger partial charge in [-0.3, -0.25) is 9.80 Å². The molecule has 0 amide bonds. The predicted molar refractivity (Wildman–Crippen MR) is 102 cm³/mol. The fourth-order valence-electron chi connectivity index (χ4n) is 3.62. The summed E-state index contributed by atoms with van der Waals surface area (Å²) in [6.07, 6.45) is 0.634. The Kier molecular flexibility index (Phi) is 6.66. The molecule has 0 radical (unpaired) electrons. The standard InChI is InChI=1S/C21H27FN2O3/c1-27-19-7-6-16(20(22)12-19)14-24-10-9-23(15-18(24)8-11-25)13-17-4-2-3-5-21(17)26/h2-7,12,18,25-26H,8-11,13-15H2,1H3/t18-/m0/s1. The van der Waals surface area contributed by atoms with Crippen LogP contribution in [0.1, 0.15) is 17.5 Å². The second kappa shape index (κ2) is 9.17. The van der Waals surface area contributed by atoms with Crippen molar-refractivity contribution >= 4 is 0 Å². The molecular formula is C21H27FN2O3. The zero-order valence-electron chi connectivity index (χ0n) is 15.6. The number of para-hydroxylation sites is 1. The maximum atomic E-state index is 14.3. The van der Waals surface area contributed by atoms with Crippen molar-refractivity contribution in [3.8, 4) is 11.5 Å². The van der Waals surface area contributed by atoms with Crippen molar-refractivity contribution in [3.05, 3.63) is 59.4 Å². The van der Waals surface area contributed by atoms with Crippen LogP contribution in [0.15, 0.2) is 42.5 Å². The van der Waals surface area contributed by atoms with Gasteiger partial charge in [0.2, 0.25) is 0 Å². The van der Waals surface area contributed by atoms with Gasteiger partial charge >= 0.3 is 0 Å². The lowest BCUT2D eigenvalue weighted by molar-refractivity contribution is 0.0489. The van der Waals surface area contributed by atoms with Gasteiger partial charge in [-0.05, 0) is 18.6 Å². The molecule has 0 spiro atoms. The Morgan fingerprint density at radius 1 is 1.11 bits per heavy atom. The molecular weight excluding hydrogens is 347 g/mol. The summed E-state index contributed by atoms with van der Waals surface area (Å²) in [5, 5.41) is 19.5. The van der Waals surface area contributed by atoms with Crippen LogP contribution in [0.2, 0.25) is 0 Å². The van der Waals surface area contributed by atoms with E-state index in [0.29, 0.717) is 36.6 Å². The van der Waals surface area contributed by atoms with Crippen molar-refractivity contribution in [1.82, 2.24) is 9.80 Å². The number of benzene rings is 2. The summed E-state index contributed by atoms with van der Waals surface area (Å²) in [5.74, 6) is 0.545. The highest BCUT2D eigenvalue weighted by atomic mass is 19.1. The molecule has 0 aliphatic carbocycles. The molecule has 0 saturated carbocycles. The van der Waals surface area contributed by atoms with Crippen molar-refractivity contribution in [2.24, 2.45) is 0 Å². The second-order valence-electron chi connectivity index (χ2n) is 6.96. The first kappa shape index (κ1) is 19.6. The maximum absolute atomic E-state index is 14.3. The predicted octanol–water partition coefficient (Wildman–Crippen LogP) is 2.61. The van der Waals surface area contributed by atoms with Crippen LogP contribution < -0.4 is 4.74 Å². The summed E-state index contributed by atoms with van der Waals surface area (Å²) in [6.45, 7) is 3.64. The van der Waals surface area contributed by atoms with Crippen molar-refractivity contribution in [2.45, 2.75) is 25.6 Å². The molecule has 0 unspecified atom stereocenters. The fourth-order valence-corrected chi connectivity index (χ4v) is 3.62. The molecule has 1 atom stereocenters. The van der Waals surface area contributed by atoms with E-state index in [2.05, 4.69) is 9.80 Å². The highest BCUT2D eigenvalue weighted by molar-refractivity contribution is 5.32. The summed E-state index contributed by atoms with van der Waals surface area (Å²) in [6, 6.07) is 12.4. The minimum atomic E-state index is -0.270. The van der Waals surface area contributed by atoms with Gasteiger partial charge in [0.15, 0.2) is 0 Å². The van der Waals surface area contributed by atoms with Gasteiger partial charge < -0.3 is 14.9 Å². The van der Waals surface area contributed by atoms with E-state index in [-0.39, 0.29) is 18.5 Å². The molecule has 2 aromatic rings. The summed E-state index contributed by atoms with van der Waals surface area (Å²) in [5.41, 5.74) is 1.53. The van der Waals surface area contributed by atoms with Crippen LogP contribution in [0.4, 0.5) is 4.39 Å². The molecule has 2 N–H and O–H groups in total. The van der Waals surface area contributed by atoms with E-state index in [4.69, 9.17) is 4.74 Å². The number of phenolic OH excluding ortho intramolecular Hbond substituents is 1. The minimum absolute atomic E-state index is 0.0939. The molecule has 1 saturated heterocycles. The Morgan fingerprint density at radius 2 is 1.93 bits per heavy atom. The van der Waals surface area contributed by atoms with Crippen LogP contribution in [-0.2, 0) is 13.1 Å². The second-order valence-corrected chi connectivity index (χ2v) is 6.96. The maximum Gasteiger partial charge on any atom is 0.131 e. The van der Waals surface area contributed by atoms with Crippen molar-refractivity contribution in [1.29, 1.82) is 0 Å². The number of methoxy groups -OCH3 is 1. The van der Waals surface area contributed by atoms with Crippen LogP contribution in [-0.4, -0.2) is 59.4 Å². The first-order valence-electron chi connectivity index (χ1n) is 9.27. The number of aliphatic hydroxyl groups excluding tert-OH is 1. The Hall–Kier alpha value is -2.15. The number of rotatable bonds is 7. The third-order valence-electron chi connectivity index (χ3n) is 5.17. The number of aliphatic hydroxyl groups is 1. The van der Waals surface area contributed by atoms with Gasteiger partial charge in [-0.2, -0.15) is 0 Å². The van der Waals surface area contributed by atoms with Crippen molar-refractivity contribution in [2.75, 3.05) is 33.4 Å². The monoisotopic (exact) mass is 374 g/mol. The number of hydrogen-bond donors (Lipinski definition) is 2. The molecule has 0 aromatic heterocycles. The molecule has 146 valence electrons. The number of piperazine rings is 1. The van der Waals surface area contributed by atoms with Gasteiger partial charge in [0.05, 0.1) is 7.11 Å². The fraction of sp³-hybridized carbons (Fsp3) is 0.429. The lowest BCUT2D eigenvalue weighted by Gasteiger charge is -2.41. The van der Waals surface area contributed by atoms with E-state index < -0.39 is 0 Å². The van der Waals surface area contributed by atoms with Crippen LogP contribution in [0.5, 0.6) is 11.5 Å². The summed E-state index contributed by atoms with van der Waals surface area (Å²) >= 11 is 0. The van der Waals surface area contributed by atoms with Gasteiger partial charge in [0, 0.05) is 62.6 Å². The third-order valence-corrected chi connectivity index (χ3v) is 5.17. The quantitative estimate of drug-likeness (QED) is 0.780. The Balaban J connectivity index is 1.66. The summed E-state index contributed by atoms with van der Waals surface area (Å²) < 4.78 is 19.4. The zero-order valence-corrected chi connectivity index (χ0v) is 15.6. The number of halogens is 1. The summed E-state index contributed by atoms with van der Waals surface area (Å²) in [7, 11) is 1.52. The molecule has 2 aromatic carbocycles. The SMILES string of the molecule is COc1ccc(CN2CCN(Cc3ccccc3O)C[C@@H]2CCO)c(F)c1. The van der Waals surface area contributed by atoms with Crippen molar-refractivity contribution < 1.29 is 19.3 Å². The van der Waals surface area contributed by atoms with Gasteiger partial charge in [0.1, 0.15) is 17.3 Å². The highest BCUT2D eigenvalue weighted by Crippen LogP contribution is 2.24. The van der Waals surface area contributed by atoms with Crippen molar-refractivity contribution in [3.63, 3.8) is 0 Å². The van der Waals surface area contributed by atoms with E-state index in [1.165, 1.54) is 13.2 Å². The average Bonchev–Trinajstić information content (AvgIpc) is 2.67. The Morgan fingerprint density at radius 3 is 2.63 bits per heavy atom.